The van der Waals surface area contributed by atoms with Crippen LogP contribution in [0.4, 0.5) is 5.82 Å². The highest BCUT2D eigenvalue weighted by Gasteiger charge is 2.43. The van der Waals surface area contributed by atoms with Crippen LogP contribution in [0.3, 0.4) is 0 Å². The summed E-state index contributed by atoms with van der Waals surface area (Å²) in [6.07, 6.45) is 7.85. The largest absolute Gasteiger partial charge is 0.366 e. The normalized spacial score (nSPS) is 16.9. The third kappa shape index (κ3) is 3.89. The van der Waals surface area contributed by atoms with Crippen LogP contribution in [0, 0.1) is 0 Å². The Balaban J connectivity index is 0.00000120. The van der Waals surface area contributed by atoms with Crippen molar-refractivity contribution in [3.8, 4) is 0 Å². The molecular weight excluding hydrogens is 454 g/mol. The minimum atomic E-state index is 0. The van der Waals surface area contributed by atoms with Gasteiger partial charge < -0.3 is 10.6 Å². The molecule has 1 spiro atoms. The van der Waals surface area contributed by atoms with Gasteiger partial charge in [-0.1, -0.05) is 29.3 Å². The molecule has 6 nitrogen and oxygen atoms in total. The first kappa shape index (κ1) is 22.4. The third-order valence-corrected chi connectivity index (χ3v) is 6.36. The van der Waals surface area contributed by atoms with Crippen LogP contribution in [-0.2, 0) is 18.4 Å². The van der Waals surface area contributed by atoms with Crippen molar-refractivity contribution in [1.29, 1.82) is 0 Å². The zero-order valence-electron chi connectivity index (χ0n) is 15.6. The minimum absolute atomic E-state index is 0. The van der Waals surface area contributed by atoms with E-state index in [0.29, 0.717) is 16.7 Å². The van der Waals surface area contributed by atoms with E-state index in [0.717, 1.165) is 55.8 Å². The van der Waals surface area contributed by atoms with Gasteiger partial charge in [0.15, 0.2) is 5.65 Å². The molecule has 0 amide bonds. The Kier molecular flexibility index (Phi) is 6.81. The molecule has 0 atom stereocenters. The van der Waals surface area contributed by atoms with Crippen LogP contribution in [0.25, 0.3) is 5.65 Å². The van der Waals surface area contributed by atoms with Gasteiger partial charge in [-0.15, -0.1) is 24.8 Å². The predicted molar refractivity (Wildman–Crippen MR) is 121 cm³/mol. The highest BCUT2D eigenvalue weighted by atomic mass is 35.5. The first-order valence-electron chi connectivity index (χ1n) is 9.28. The summed E-state index contributed by atoms with van der Waals surface area (Å²) in [6.45, 7) is 2.72. The molecule has 0 unspecified atom stereocenters. The van der Waals surface area contributed by atoms with E-state index >= 15 is 0 Å². The van der Waals surface area contributed by atoms with E-state index in [1.54, 1.807) is 18.5 Å². The average molecular weight is 476 g/mol. The SMILES string of the molecule is Cl.Cl.Clc1ccc(CNc2c3c(nc4c(Cl)cnn24)C2(CCNCC2)CC3)cn1. The summed E-state index contributed by atoms with van der Waals surface area (Å²) in [5, 5.41) is 12.6. The Morgan fingerprint density at radius 1 is 1.10 bits per heavy atom. The predicted octanol–water partition coefficient (Wildman–Crippen LogP) is 4.45. The quantitative estimate of drug-likeness (QED) is 0.547. The lowest BCUT2D eigenvalue weighted by molar-refractivity contribution is 0.301. The van der Waals surface area contributed by atoms with Crippen LogP contribution in [0.1, 0.15) is 36.1 Å². The lowest BCUT2D eigenvalue weighted by atomic mass is 9.77. The van der Waals surface area contributed by atoms with E-state index < -0.39 is 0 Å². The fourth-order valence-corrected chi connectivity index (χ4v) is 4.71. The second-order valence-corrected chi connectivity index (χ2v) is 8.18. The zero-order chi connectivity index (χ0) is 18.4. The molecule has 10 heteroatoms. The molecular formula is C19H22Cl4N6. The van der Waals surface area contributed by atoms with Crippen LogP contribution >= 0.6 is 48.0 Å². The maximum Gasteiger partial charge on any atom is 0.176 e. The third-order valence-electron chi connectivity index (χ3n) is 5.87. The molecule has 1 aliphatic carbocycles. The van der Waals surface area contributed by atoms with Crippen LogP contribution in [0.2, 0.25) is 10.2 Å². The molecule has 0 bridgehead atoms. The average Bonchev–Trinajstić information content (AvgIpc) is 3.23. The monoisotopic (exact) mass is 474 g/mol. The van der Waals surface area contributed by atoms with Crippen molar-refractivity contribution in [2.24, 2.45) is 0 Å². The number of nitrogens with one attached hydrogen (secondary N) is 2. The van der Waals surface area contributed by atoms with Crippen molar-refractivity contribution < 1.29 is 0 Å². The molecule has 2 N–H and O–H groups in total. The van der Waals surface area contributed by atoms with Crippen LogP contribution in [0.5, 0.6) is 0 Å². The Morgan fingerprint density at radius 2 is 1.90 bits per heavy atom. The number of piperidine rings is 1. The van der Waals surface area contributed by atoms with E-state index in [2.05, 4.69) is 20.7 Å². The van der Waals surface area contributed by atoms with Crippen molar-refractivity contribution in [2.75, 3.05) is 18.4 Å². The number of hydrogen-bond acceptors (Lipinski definition) is 5. The summed E-state index contributed by atoms with van der Waals surface area (Å²) in [6, 6.07) is 3.78. The number of rotatable bonds is 3. The van der Waals surface area contributed by atoms with Gasteiger partial charge in [0.25, 0.3) is 0 Å². The molecule has 1 saturated heterocycles. The molecule has 0 saturated carbocycles. The Labute approximate surface area is 191 Å². The van der Waals surface area contributed by atoms with Gasteiger partial charge in [0.05, 0.1) is 11.9 Å². The highest BCUT2D eigenvalue weighted by molar-refractivity contribution is 6.33. The number of aromatic nitrogens is 4. The summed E-state index contributed by atoms with van der Waals surface area (Å²) >= 11 is 12.3. The summed E-state index contributed by atoms with van der Waals surface area (Å²) in [7, 11) is 0. The molecule has 3 aromatic rings. The van der Waals surface area contributed by atoms with Crippen molar-refractivity contribution in [3.05, 3.63) is 51.5 Å². The summed E-state index contributed by atoms with van der Waals surface area (Å²) in [4.78, 5) is 9.15. The van der Waals surface area contributed by atoms with Gasteiger partial charge in [0, 0.05) is 23.7 Å². The summed E-state index contributed by atoms with van der Waals surface area (Å²) in [5.74, 6) is 0.993. The number of nitrogens with zero attached hydrogens (tertiary/aromatic N) is 4. The van der Waals surface area contributed by atoms with E-state index in [1.165, 1.54) is 11.3 Å². The van der Waals surface area contributed by atoms with Crippen LogP contribution in [-0.4, -0.2) is 32.7 Å². The van der Waals surface area contributed by atoms with Gasteiger partial charge in [0.2, 0.25) is 0 Å². The van der Waals surface area contributed by atoms with E-state index in [1.807, 2.05) is 10.6 Å². The summed E-state index contributed by atoms with van der Waals surface area (Å²) in [5.41, 5.74) is 4.42. The molecule has 0 aromatic carbocycles. The molecule has 0 radical (unpaired) electrons. The number of anilines is 1. The van der Waals surface area contributed by atoms with Crippen molar-refractivity contribution >= 4 is 59.5 Å². The van der Waals surface area contributed by atoms with E-state index in [-0.39, 0.29) is 30.2 Å². The Morgan fingerprint density at radius 3 is 2.62 bits per heavy atom. The maximum absolute atomic E-state index is 6.40. The molecule has 2 aliphatic rings. The molecule has 1 aliphatic heterocycles. The topological polar surface area (TPSA) is 67.1 Å². The highest BCUT2D eigenvalue weighted by Crippen LogP contribution is 2.46. The first-order chi connectivity index (χ1) is 13.2. The van der Waals surface area contributed by atoms with Gasteiger partial charge in [-0.25, -0.2) is 9.97 Å². The van der Waals surface area contributed by atoms with E-state index in [4.69, 9.17) is 28.2 Å². The second kappa shape index (κ2) is 8.82. The van der Waals surface area contributed by atoms with Crippen molar-refractivity contribution in [3.63, 3.8) is 0 Å². The number of pyridine rings is 1. The summed E-state index contributed by atoms with van der Waals surface area (Å²) < 4.78 is 1.84. The fraction of sp³-hybridized carbons (Fsp3) is 0.421. The zero-order valence-corrected chi connectivity index (χ0v) is 18.8. The molecule has 5 rings (SSSR count). The second-order valence-electron chi connectivity index (χ2n) is 7.39. The molecule has 3 aromatic heterocycles. The van der Waals surface area contributed by atoms with Crippen molar-refractivity contribution in [1.82, 2.24) is 24.9 Å². The molecule has 29 heavy (non-hydrogen) atoms. The van der Waals surface area contributed by atoms with Gasteiger partial charge in [0.1, 0.15) is 16.0 Å². The number of fused-ring (bicyclic) bond motifs is 3. The number of hydrogen-bond donors (Lipinski definition) is 2. The maximum atomic E-state index is 6.40. The van der Waals surface area contributed by atoms with E-state index in [9.17, 15) is 0 Å². The minimum Gasteiger partial charge on any atom is -0.366 e. The molecule has 156 valence electrons. The van der Waals surface area contributed by atoms with Gasteiger partial charge in [-0.3, -0.25) is 0 Å². The van der Waals surface area contributed by atoms with Crippen LogP contribution < -0.4 is 10.6 Å². The Bertz CT molecular complexity index is 998. The molecule has 4 heterocycles. The lowest BCUT2D eigenvalue weighted by Crippen LogP contribution is -2.39. The van der Waals surface area contributed by atoms with Gasteiger partial charge in [-0.05, 0) is 50.4 Å². The van der Waals surface area contributed by atoms with Gasteiger partial charge >= 0.3 is 0 Å². The molecule has 1 fully saturated rings. The van der Waals surface area contributed by atoms with Crippen molar-refractivity contribution in [2.45, 2.75) is 37.6 Å². The smallest absolute Gasteiger partial charge is 0.176 e. The van der Waals surface area contributed by atoms with Crippen LogP contribution in [0.15, 0.2) is 24.5 Å². The first-order valence-corrected chi connectivity index (χ1v) is 10.0. The lowest BCUT2D eigenvalue weighted by Gasteiger charge is -2.34. The Hall–Kier alpha value is -1.31. The van der Waals surface area contributed by atoms with Gasteiger partial charge in [-0.2, -0.15) is 9.61 Å². The number of halogens is 4. The standard InChI is InChI=1S/C19H20Cl2N6.2ClH/c20-14-11-25-27-17(24-10-12-1-2-15(21)23-9-12)13-3-4-19(5-7-22-8-6-19)16(13)26-18(14)27;;/h1-2,9,11,22,24H,3-8,10H2;2*1H. The fourth-order valence-electron chi connectivity index (χ4n) is 4.43.